The van der Waals surface area contributed by atoms with Crippen LogP contribution in [0.4, 0.5) is 0 Å². The number of rotatable bonds is 3. The van der Waals surface area contributed by atoms with Crippen LogP contribution in [0.2, 0.25) is 0 Å². The van der Waals surface area contributed by atoms with Crippen LogP contribution in [0.5, 0.6) is 0 Å². The second kappa shape index (κ2) is 5.16. The predicted octanol–water partition coefficient (Wildman–Crippen LogP) is 2.48. The molecule has 0 atom stereocenters. The van der Waals surface area contributed by atoms with Crippen molar-refractivity contribution in [1.29, 1.82) is 0 Å². The Morgan fingerprint density at radius 2 is 1.83 bits per heavy atom. The average molecular weight is 268 g/mol. The van der Waals surface area contributed by atoms with Crippen LogP contribution >= 0.6 is 12.2 Å². The van der Waals surface area contributed by atoms with Crippen LogP contribution in [0, 0.1) is 11.3 Å². The molecule has 2 N–H and O–H groups in total. The Morgan fingerprint density at radius 3 is 2.22 bits per heavy atom. The maximum Gasteiger partial charge on any atom is 0.235 e. The number of nitrogens with zero attached hydrogens (tertiary/aromatic N) is 1. The monoisotopic (exact) mass is 268 g/mol. The predicted molar refractivity (Wildman–Crippen MR) is 77.3 cm³/mol. The van der Waals surface area contributed by atoms with E-state index in [-0.39, 0.29) is 5.91 Å². The Labute approximate surface area is 115 Å². The van der Waals surface area contributed by atoms with Crippen molar-refractivity contribution in [1.82, 2.24) is 4.90 Å². The van der Waals surface area contributed by atoms with Crippen molar-refractivity contribution in [3.05, 3.63) is 0 Å². The zero-order valence-corrected chi connectivity index (χ0v) is 12.3. The third kappa shape index (κ3) is 2.27. The van der Waals surface area contributed by atoms with Crippen molar-refractivity contribution in [2.45, 2.75) is 57.9 Å². The molecule has 1 amide bonds. The van der Waals surface area contributed by atoms with Crippen LogP contribution in [0.15, 0.2) is 0 Å². The first-order chi connectivity index (χ1) is 8.47. The quantitative estimate of drug-likeness (QED) is 0.800. The lowest BCUT2D eigenvalue weighted by Gasteiger charge is -2.44. The molecule has 0 aromatic heterocycles. The van der Waals surface area contributed by atoms with Gasteiger partial charge in [-0.15, -0.1) is 0 Å². The zero-order chi connectivity index (χ0) is 13.3. The molecule has 0 aromatic carbocycles. The smallest absolute Gasteiger partial charge is 0.235 e. The summed E-state index contributed by atoms with van der Waals surface area (Å²) in [6, 6.07) is 0.389. The highest BCUT2D eigenvalue weighted by atomic mass is 32.1. The molecule has 0 aromatic rings. The van der Waals surface area contributed by atoms with Gasteiger partial charge in [0, 0.05) is 13.1 Å². The van der Waals surface area contributed by atoms with Gasteiger partial charge in [0.1, 0.15) is 0 Å². The molecular formula is C14H24N2OS. The highest BCUT2D eigenvalue weighted by molar-refractivity contribution is 7.80. The van der Waals surface area contributed by atoms with Gasteiger partial charge in [-0.3, -0.25) is 4.79 Å². The van der Waals surface area contributed by atoms with Gasteiger partial charge in [0.2, 0.25) is 5.91 Å². The first-order valence-corrected chi connectivity index (χ1v) is 7.45. The summed E-state index contributed by atoms with van der Waals surface area (Å²) in [7, 11) is 1.93. The fourth-order valence-electron chi connectivity index (χ4n) is 3.23. The second-order valence-electron chi connectivity index (χ2n) is 6.13. The first-order valence-electron chi connectivity index (χ1n) is 7.04. The molecule has 2 saturated carbocycles. The molecule has 0 radical (unpaired) electrons. The molecule has 0 spiro atoms. The Bertz CT molecular complexity index is 344. The zero-order valence-electron chi connectivity index (χ0n) is 11.4. The van der Waals surface area contributed by atoms with Crippen molar-refractivity contribution in [2.24, 2.45) is 17.1 Å². The molecule has 2 aliphatic rings. The second-order valence-corrected chi connectivity index (χ2v) is 6.57. The van der Waals surface area contributed by atoms with Crippen molar-refractivity contribution >= 4 is 23.1 Å². The molecule has 0 aliphatic heterocycles. The van der Waals surface area contributed by atoms with E-state index >= 15 is 0 Å². The third-order valence-corrected chi connectivity index (χ3v) is 5.33. The summed E-state index contributed by atoms with van der Waals surface area (Å²) in [4.78, 5) is 15.0. The molecule has 2 aliphatic carbocycles. The van der Waals surface area contributed by atoms with Crippen molar-refractivity contribution in [2.75, 3.05) is 7.05 Å². The maximum atomic E-state index is 12.6. The lowest BCUT2D eigenvalue weighted by atomic mass is 9.67. The Balaban J connectivity index is 2.02. The van der Waals surface area contributed by atoms with E-state index in [4.69, 9.17) is 18.0 Å². The van der Waals surface area contributed by atoms with Crippen molar-refractivity contribution in [3.63, 3.8) is 0 Å². The van der Waals surface area contributed by atoms with Gasteiger partial charge in [-0.1, -0.05) is 25.6 Å². The number of nitrogens with two attached hydrogens (primary N) is 1. The van der Waals surface area contributed by atoms with Crippen molar-refractivity contribution in [3.8, 4) is 0 Å². The van der Waals surface area contributed by atoms with Crippen LogP contribution in [-0.4, -0.2) is 28.9 Å². The number of hydrogen-bond donors (Lipinski definition) is 1. The van der Waals surface area contributed by atoms with Gasteiger partial charge < -0.3 is 10.6 Å². The molecule has 3 nitrogen and oxygen atoms in total. The molecule has 4 heteroatoms. The lowest BCUT2D eigenvalue weighted by molar-refractivity contribution is -0.143. The molecular weight excluding hydrogens is 244 g/mol. The van der Waals surface area contributed by atoms with E-state index < -0.39 is 5.41 Å². The minimum atomic E-state index is -0.507. The van der Waals surface area contributed by atoms with E-state index in [0.717, 1.165) is 38.0 Å². The van der Waals surface area contributed by atoms with E-state index in [9.17, 15) is 4.79 Å². The van der Waals surface area contributed by atoms with Crippen LogP contribution in [0.3, 0.4) is 0 Å². The van der Waals surface area contributed by atoms with Gasteiger partial charge in [-0.05, 0) is 44.4 Å². The number of hydrogen-bond acceptors (Lipinski definition) is 2. The molecule has 2 rings (SSSR count). The SMILES string of the molecule is CC1CCC(N(C)C(=O)C2(C(N)=S)CCC2)CC1. The molecule has 0 unspecified atom stereocenters. The molecule has 0 saturated heterocycles. The first kappa shape index (κ1) is 13.8. The summed E-state index contributed by atoms with van der Waals surface area (Å²) in [5.74, 6) is 0.971. The van der Waals surface area contributed by atoms with E-state index in [1.165, 1.54) is 12.8 Å². The largest absolute Gasteiger partial charge is 0.392 e. The highest BCUT2D eigenvalue weighted by Gasteiger charge is 2.49. The van der Waals surface area contributed by atoms with Gasteiger partial charge in [0.15, 0.2) is 0 Å². The van der Waals surface area contributed by atoms with Gasteiger partial charge in [0.25, 0.3) is 0 Å². The molecule has 102 valence electrons. The standard InChI is InChI=1S/C14H24N2OS/c1-10-4-6-11(7-5-10)16(2)13(17)14(12(15)18)8-3-9-14/h10-11H,3-9H2,1-2H3,(H2,15,18). The van der Waals surface area contributed by atoms with Crippen LogP contribution in [0.25, 0.3) is 0 Å². The molecule has 0 bridgehead atoms. The highest BCUT2D eigenvalue weighted by Crippen LogP contribution is 2.43. The minimum absolute atomic E-state index is 0.167. The van der Waals surface area contributed by atoms with Crippen molar-refractivity contribution < 1.29 is 4.79 Å². The molecule has 18 heavy (non-hydrogen) atoms. The van der Waals surface area contributed by atoms with E-state index in [0.29, 0.717) is 11.0 Å². The van der Waals surface area contributed by atoms with Gasteiger partial charge in [-0.25, -0.2) is 0 Å². The van der Waals surface area contributed by atoms with Crippen LogP contribution in [0.1, 0.15) is 51.9 Å². The fraction of sp³-hybridized carbons (Fsp3) is 0.857. The van der Waals surface area contributed by atoms with Gasteiger partial charge in [-0.2, -0.15) is 0 Å². The topological polar surface area (TPSA) is 46.3 Å². The summed E-state index contributed by atoms with van der Waals surface area (Å²) in [5, 5.41) is 0. The normalized spacial score (nSPS) is 30.3. The Morgan fingerprint density at radius 1 is 1.28 bits per heavy atom. The van der Waals surface area contributed by atoms with Gasteiger partial charge >= 0.3 is 0 Å². The van der Waals surface area contributed by atoms with E-state index in [2.05, 4.69) is 6.92 Å². The number of carbonyl (C=O) groups is 1. The molecule has 0 heterocycles. The van der Waals surface area contributed by atoms with E-state index in [1.807, 2.05) is 11.9 Å². The lowest BCUT2D eigenvalue weighted by Crippen LogP contribution is -2.56. The average Bonchev–Trinajstić information content (AvgIpc) is 2.27. The third-order valence-electron chi connectivity index (χ3n) is 4.94. The van der Waals surface area contributed by atoms with E-state index in [1.54, 1.807) is 0 Å². The number of amides is 1. The summed E-state index contributed by atoms with van der Waals surface area (Å²) >= 11 is 5.13. The summed E-state index contributed by atoms with van der Waals surface area (Å²) in [6.45, 7) is 2.29. The number of carbonyl (C=O) groups excluding carboxylic acids is 1. The van der Waals surface area contributed by atoms with Gasteiger partial charge in [0.05, 0.1) is 10.4 Å². The Hall–Kier alpha value is -0.640. The maximum absolute atomic E-state index is 12.6. The molecule has 2 fully saturated rings. The summed E-state index contributed by atoms with van der Waals surface area (Å²) in [5.41, 5.74) is 5.30. The Kier molecular flexibility index (Phi) is 3.95. The summed E-state index contributed by atoms with van der Waals surface area (Å²) < 4.78 is 0. The minimum Gasteiger partial charge on any atom is -0.392 e. The van der Waals surface area contributed by atoms with Crippen LogP contribution in [-0.2, 0) is 4.79 Å². The number of thiocarbonyl (C=S) groups is 1. The fourth-order valence-corrected chi connectivity index (χ4v) is 3.52. The van der Waals surface area contributed by atoms with Crippen LogP contribution < -0.4 is 5.73 Å². The summed E-state index contributed by atoms with van der Waals surface area (Å²) in [6.07, 6.45) is 7.44.